The molecule has 2 aromatic rings. The Morgan fingerprint density at radius 1 is 1.06 bits per heavy atom. The molecular formula is C26H30N2O6. The first-order valence-electron chi connectivity index (χ1n) is 11.6. The van der Waals surface area contributed by atoms with Gasteiger partial charge in [0, 0.05) is 26.1 Å². The number of hydrogen-bond acceptors (Lipinski definition) is 5. The monoisotopic (exact) mass is 466 g/mol. The molecule has 1 fully saturated rings. The molecule has 8 heteroatoms. The number of nitrogens with one attached hydrogen (secondary N) is 1. The van der Waals surface area contributed by atoms with Crippen LogP contribution < -0.4 is 5.32 Å². The number of rotatable bonds is 11. The number of amides is 2. The van der Waals surface area contributed by atoms with Crippen molar-refractivity contribution in [1.82, 2.24) is 10.2 Å². The zero-order chi connectivity index (χ0) is 24.1. The third-order valence-corrected chi connectivity index (χ3v) is 6.35. The van der Waals surface area contributed by atoms with Crippen LogP contribution in [0, 0.1) is 5.92 Å². The molecule has 0 aliphatic heterocycles. The van der Waals surface area contributed by atoms with Crippen LogP contribution in [-0.4, -0.2) is 67.4 Å². The summed E-state index contributed by atoms with van der Waals surface area (Å²) in [6.45, 7) is 0.686. The Labute approximate surface area is 198 Å². The minimum absolute atomic E-state index is 0.0305. The summed E-state index contributed by atoms with van der Waals surface area (Å²) in [6.07, 6.45) is 1.18. The normalized spacial score (nSPS) is 15.2. The molecule has 2 amide bonds. The van der Waals surface area contributed by atoms with Gasteiger partial charge in [-0.3, -0.25) is 9.59 Å². The van der Waals surface area contributed by atoms with Gasteiger partial charge < -0.3 is 24.8 Å². The van der Waals surface area contributed by atoms with E-state index >= 15 is 0 Å². The number of carbonyl (C=O) groups is 3. The van der Waals surface area contributed by atoms with E-state index in [0.29, 0.717) is 12.5 Å². The third kappa shape index (κ3) is 5.56. The Balaban J connectivity index is 1.40. The lowest BCUT2D eigenvalue weighted by Gasteiger charge is -2.27. The summed E-state index contributed by atoms with van der Waals surface area (Å²) < 4.78 is 10.7. The van der Waals surface area contributed by atoms with Gasteiger partial charge in [0.05, 0.1) is 13.0 Å². The second-order valence-corrected chi connectivity index (χ2v) is 8.85. The standard InChI is InChI=1S/C26H30N2O6/c1-33-16-23(25(31)28(13-12-24(29)30)14-17-10-11-17)27-26(32)34-15-22-20-8-4-2-6-18(20)19-7-3-5-9-21(19)22/h2-9,17,22-23H,10-16H2,1H3,(H,27,32)(H,29,30)/t23-/m0/s1. The number of ether oxygens (including phenoxy) is 2. The van der Waals surface area contributed by atoms with Crippen molar-refractivity contribution in [1.29, 1.82) is 0 Å². The van der Waals surface area contributed by atoms with Gasteiger partial charge in [0.15, 0.2) is 0 Å². The maximum absolute atomic E-state index is 13.1. The highest BCUT2D eigenvalue weighted by Gasteiger charge is 2.33. The Hall–Kier alpha value is -3.39. The second-order valence-electron chi connectivity index (χ2n) is 8.85. The molecule has 2 N–H and O–H groups in total. The average Bonchev–Trinajstić information content (AvgIpc) is 3.60. The van der Waals surface area contributed by atoms with E-state index in [-0.39, 0.29) is 38.0 Å². The summed E-state index contributed by atoms with van der Waals surface area (Å²) in [6, 6.07) is 15.2. The Morgan fingerprint density at radius 2 is 1.68 bits per heavy atom. The fourth-order valence-corrected chi connectivity index (χ4v) is 4.48. The van der Waals surface area contributed by atoms with Crippen molar-refractivity contribution in [2.75, 3.05) is 33.4 Å². The number of methoxy groups -OCH3 is 1. The smallest absolute Gasteiger partial charge is 0.407 e. The molecule has 0 radical (unpaired) electrons. The summed E-state index contributed by atoms with van der Waals surface area (Å²) >= 11 is 0. The van der Waals surface area contributed by atoms with E-state index in [2.05, 4.69) is 17.4 Å². The number of carboxylic acids is 1. The first kappa shape index (κ1) is 23.8. The van der Waals surface area contributed by atoms with E-state index in [0.717, 1.165) is 35.1 Å². The quantitative estimate of drug-likeness (QED) is 0.527. The van der Waals surface area contributed by atoms with E-state index in [9.17, 15) is 14.4 Å². The van der Waals surface area contributed by atoms with Gasteiger partial charge in [-0.25, -0.2) is 4.79 Å². The van der Waals surface area contributed by atoms with E-state index in [4.69, 9.17) is 14.6 Å². The van der Waals surface area contributed by atoms with Crippen LogP contribution in [-0.2, 0) is 19.1 Å². The molecule has 0 heterocycles. The van der Waals surface area contributed by atoms with Crippen molar-refractivity contribution in [2.24, 2.45) is 5.92 Å². The summed E-state index contributed by atoms with van der Waals surface area (Å²) in [5.41, 5.74) is 4.47. The number of nitrogens with zero attached hydrogens (tertiary/aromatic N) is 1. The molecule has 0 spiro atoms. The van der Waals surface area contributed by atoms with Gasteiger partial charge in [-0.05, 0) is 41.0 Å². The van der Waals surface area contributed by atoms with Crippen LogP contribution in [0.5, 0.6) is 0 Å². The maximum Gasteiger partial charge on any atom is 0.407 e. The second kappa shape index (κ2) is 10.7. The molecule has 1 saturated carbocycles. The fourth-order valence-electron chi connectivity index (χ4n) is 4.48. The highest BCUT2D eigenvalue weighted by molar-refractivity contribution is 5.86. The fraction of sp³-hybridized carbons (Fsp3) is 0.423. The number of benzene rings is 2. The topological polar surface area (TPSA) is 105 Å². The Kier molecular flexibility index (Phi) is 7.47. The van der Waals surface area contributed by atoms with Gasteiger partial charge in [0.2, 0.25) is 5.91 Å². The van der Waals surface area contributed by atoms with Crippen molar-refractivity contribution in [3.8, 4) is 11.1 Å². The lowest BCUT2D eigenvalue weighted by atomic mass is 9.98. The van der Waals surface area contributed by atoms with Gasteiger partial charge in [-0.1, -0.05) is 48.5 Å². The highest BCUT2D eigenvalue weighted by atomic mass is 16.5. The molecule has 0 unspecified atom stereocenters. The number of alkyl carbamates (subject to hydrolysis) is 1. The van der Waals surface area contributed by atoms with Gasteiger partial charge in [0.25, 0.3) is 0 Å². The molecular weight excluding hydrogens is 436 g/mol. The van der Waals surface area contributed by atoms with Crippen LogP contribution in [0.4, 0.5) is 4.79 Å². The van der Waals surface area contributed by atoms with Gasteiger partial charge >= 0.3 is 12.1 Å². The van der Waals surface area contributed by atoms with Crippen LogP contribution in [0.2, 0.25) is 0 Å². The first-order valence-corrected chi connectivity index (χ1v) is 11.6. The molecule has 2 aliphatic rings. The summed E-state index contributed by atoms with van der Waals surface area (Å²) in [5, 5.41) is 11.7. The maximum atomic E-state index is 13.1. The van der Waals surface area contributed by atoms with E-state index < -0.39 is 18.1 Å². The lowest BCUT2D eigenvalue weighted by Crippen LogP contribution is -2.52. The SMILES string of the molecule is COC[C@H](NC(=O)OCC1c2ccccc2-c2ccccc21)C(=O)N(CCC(=O)O)CC1CC1. The molecule has 34 heavy (non-hydrogen) atoms. The predicted octanol–water partition coefficient (Wildman–Crippen LogP) is 3.25. The van der Waals surface area contributed by atoms with E-state index in [1.54, 1.807) is 0 Å². The number of fused-ring (bicyclic) bond motifs is 3. The third-order valence-electron chi connectivity index (χ3n) is 6.35. The number of aliphatic carboxylic acids is 1. The highest BCUT2D eigenvalue weighted by Crippen LogP contribution is 2.44. The van der Waals surface area contributed by atoms with Crippen molar-refractivity contribution in [2.45, 2.75) is 31.2 Å². The molecule has 0 bridgehead atoms. The number of carboxylic acid groups (broad SMARTS) is 1. The zero-order valence-corrected chi connectivity index (χ0v) is 19.2. The molecule has 1 atom stereocenters. The largest absolute Gasteiger partial charge is 0.481 e. The van der Waals surface area contributed by atoms with Gasteiger partial charge in [-0.2, -0.15) is 0 Å². The Morgan fingerprint density at radius 3 is 2.24 bits per heavy atom. The van der Waals surface area contributed by atoms with Crippen LogP contribution in [0.3, 0.4) is 0 Å². The van der Waals surface area contributed by atoms with E-state index in [1.807, 2.05) is 36.4 Å². The van der Waals surface area contributed by atoms with Crippen LogP contribution >= 0.6 is 0 Å². The van der Waals surface area contributed by atoms with Crippen molar-refractivity contribution in [3.05, 3.63) is 59.7 Å². The average molecular weight is 467 g/mol. The van der Waals surface area contributed by atoms with Crippen LogP contribution in [0.25, 0.3) is 11.1 Å². The lowest BCUT2D eigenvalue weighted by molar-refractivity contribution is -0.139. The van der Waals surface area contributed by atoms with Crippen LogP contribution in [0.15, 0.2) is 48.5 Å². The molecule has 2 aliphatic carbocycles. The van der Waals surface area contributed by atoms with Crippen LogP contribution in [0.1, 0.15) is 36.3 Å². The minimum atomic E-state index is -0.971. The molecule has 4 rings (SSSR count). The molecule has 8 nitrogen and oxygen atoms in total. The summed E-state index contributed by atoms with van der Waals surface area (Å²) in [4.78, 5) is 38.3. The first-order chi connectivity index (χ1) is 16.5. The molecule has 2 aromatic carbocycles. The van der Waals surface area contributed by atoms with Gasteiger partial charge in [-0.15, -0.1) is 0 Å². The summed E-state index contributed by atoms with van der Waals surface area (Å²) in [5.74, 6) is -1.03. The molecule has 0 aromatic heterocycles. The van der Waals surface area contributed by atoms with E-state index in [1.165, 1.54) is 12.0 Å². The molecule has 180 valence electrons. The zero-order valence-electron chi connectivity index (χ0n) is 19.2. The number of hydrogen-bond donors (Lipinski definition) is 2. The van der Waals surface area contributed by atoms with Crippen molar-refractivity contribution >= 4 is 18.0 Å². The molecule has 0 saturated heterocycles. The number of carbonyl (C=O) groups excluding carboxylic acids is 2. The predicted molar refractivity (Wildman–Crippen MR) is 125 cm³/mol. The minimum Gasteiger partial charge on any atom is -0.481 e. The van der Waals surface area contributed by atoms with Gasteiger partial charge in [0.1, 0.15) is 12.6 Å². The van der Waals surface area contributed by atoms with Crippen molar-refractivity contribution in [3.63, 3.8) is 0 Å². The van der Waals surface area contributed by atoms with Crippen molar-refractivity contribution < 1.29 is 29.0 Å². The summed E-state index contributed by atoms with van der Waals surface area (Å²) in [7, 11) is 1.45. The Bertz CT molecular complexity index is 1010.